The Morgan fingerprint density at radius 1 is 0.571 bits per heavy atom. The molecule has 0 saturated carbocycles. The van der Waals surface area contributed by atoms with Gasteiger partial charge in [-0.15, -0.1) is 0 Å². The molecule has 0 aliphatic heterocycles. The van der Waals surface area contributed by atoms with E-state index in [9.17, 15) is 24.2 Å². The van der Waals surface area contributed by atoms with Gasteiger partial charge in [-0.2, -0.15) is 0 Å². The van der Waals surface area contributed by atoms with Crippen molar-refractivity contribution in [3.8, 4) is 0 Å². The van der Waals surface area contributed by atoms with E-state index in [1.807, 2.05) is 39.4 Å². The molecule has 0 radical (unpaired) electrons. The number of likely N-dealkylation sites (N-methyl/N-ethyl adjacent to an activating group) is 1. The fourth-order valence-corrected chi connectivity index (χ4v) is 7.63. The van der Waals surface area contributed by atoms with Gasteiger partial charge >= 0.3 is 11.9 Å². The molecule has 0 aliphatic rings. The fourth-order valence-electron chi connectivity index (χ4n) is 6.90. The number of esters is 2. The Labute approximate surface area is 386 Å². The SMILES string of the molecule is CCCCCCCCCCCCCCCCCCCCCCCC(=O)OC[C@H](COP(=O)([O-])OCC[N+](C)(C)C)OC(=O)CCC/C=C\C/C=C\C/C=C\C/C=C\[C@H](O)CCCC. The Balaban J connectivity index is 4.33. The van der Waals surface area contributed by atoms with Crippen molar-refractivity contribution < 1.29 is 47.2 Å². The highest BCUT2D eigenvalue weighted by Gasteiger charge is 2.21. The minimum Gasteiger partial charge on any atom is -0.756 e. The molecule has 0 heterocycles. The van der Waals surface area contributed by atoms with Crippen LogP contribution in [-0.2, 0) is 32.7 Å². The molecular weight excluding hydrogens is 814 g/mol. The molecule has 0 spiro atoms. The largest absolute Gasteiger partial charge is 0.756 e. The molecule has 0 saturated heterocycles. The number of hydrogen-bond donors (Lipinski definition) is 1. The zero-order valence-corrected chi connectivity index (χ0v) is 42.0. The molecule has 11 heteroatoms. The molecule has 1 N–H and O–H groups in total. The number of quaternary nitrogens is 1. The van der Waals surface area contributed by atoms with Crippen LogP contribution in [0, 0.1) is 0 Å². The number of phosphoric ester groups is 1. The summed E-state index contributed by atoms with van der Waals surface area (Å²) in [6.07, 6.45) is 49.2. The number of aliphatic hydroxyl groups is 1. The normalized spacial score (nSPS) is 14.3. The number of carbonyl (C=O) groups excluding carboxylic acids is 2. The zero-order chi connectivity index (χ0) is 46.5. The van der Waals surface area contributed by atoms with E-state index in [0.717, 1.165) is 57.8 Å². The second kappa shape index (κ2) is 43.8. The summed E-state index contributed by atoms with van der Waals surface area (Å²) in [4.78, 5) is 37.7. The van der Waals surface area contributed by atoms with Crippen molar-refractivity contribution in [2.75, 3.05) is 47.5 Å². The topological polar surface area (TPSA) is 131 Å². The number of unbranched alkanes of at least 4 members (excludes halogenated alkanes) is 22. The molecule has 368 valence electrons. The van der Waals surface area contributed by atoms with Crippen LogP contribution in [0.2, 0.25) is 0 Å². The zero-order valence-electron chi connectivity index (χ0n) is 41.1. The van der Waals surface area contributed by atoms with Crippen LogP contribution in [0.15, 0.2) is 48.6 Å². The van der Waals surface area contributed by atoms with E-state index < -0.39 is 32.5 Å². The molecule has 0 rings (SSSR count). The fraction of sp³-hybridized carbons (Fsp3) is 0.808. The molecule has 0 amide bonds. The number of allylic oxidation sites excluding steroid dienone is 7. The predicted molar refractivity (Wildman–Crippen MR) is 260 cm³/mol. The summed E-state index contributed by atoms with van der Waals surface area (Å²) in [5, 5.41) is 9.84. The van der Waals surface area contributed by atoms with Crippen LogP contribution in [-0.4, -0.2) is 81.2 Å². The molecule has 0 aromatic heterocycles. The molecule has 3 atom stereocenters. The van der Waals surface area contributed by atoms with Gasteiger partial charge in [0.2, 0.25) is 0 Å². The molecule has 0 aromatic rings. The molecule has 0 bridgehead atoms. The van der Waals surface area contributed by atoms with E-state index in [1.54, 1.807) is 0 Å². The highest BCUT2D eigenvalue weighted by atomic mass is 31.2. The smallest absolute Gasteiger partial charge is 0.306 e. The number of hydrogen-bond acceptors (Lipinski definition) is 9. The second-order valence-corrected chi connectivity index (χ2v) is 19.8. The van der Waals surface area contributed by atoms with E-state index in [0.29, 0.717) is 23.9 Å². The number of carbonyl (C=O) groups is 2. The molecule has 0 fully saturated rings. The quantitative estimate of drug-likeness (QED) is 0.0208. The molecule has 63 heavy (non-hydrogen) atoms. The monoisotopic (exact) mass is 910 g/mol. The van der Waals surface area contributed by atoms with Gasteiger partial charge in [0.15, 0.2) is 6.10 Å². The third-order valence-corrected chi connectivity index (χ3v) is 11.9. The first kappa shape index (κ1) is 60.9. The number of nitrogens with zero attached hydrogens (tertiary/aromatic N) is 1. The Morgan fingerprint density at radius 3 is 1.51 bits per heavy atom. The van der Waals surface area contributed by atoms with Gasteiger partial charge in [-0.3, -0.25) is 14.2 Å². The standard InChI is InChI=1S/C52H96NO9P/c1-6-8-10-11-12-13-14-15-16-17-18-19-20-21-22-23-27-30-33-36-39-43-51(55)59-47-50(48-61-63(57,58)60-46-45-53(3,4)5)62-52(56)44-40-37-34-31-28-25-24-26-29-32-35-38-42-49(54)41-9-7-2/h24-25,29,31-32,34,38,42,49-50,54H,6-23,26-28,30,33,35-37,39-41,43-48H2,1-5H3/b25-24-,32-29-,34-31-,42-38-/t49-,50-/m1/s1. The molecular formula is C52H96NO9P. The lowest BCUT2D eigenvalue weighted by Gasteiger charge is -2.28. The maximum absolute atomic E-state index is 12.7. The first-order valence-electron chi connectivity index (χ1n) is 25.4. The van der Waals surface area contributed by atoms with Crippen molar-refractivity contribution in [2.45, 2.75) is 225 Å². The number of phosphoric acid groups is 1. The van der Waals surface area contributed by atoms with Crippen LogP contribution in [0.4, 0.5) is 0 Å². The Morgan fingerprint density at radius 2 is 1.02 bits per heavy atom. The van der Waals surface area contributed by atoms with Crippen LogP contribution in [0.3, 0.4) is 0 Å². The van der Waals surface area contributed by atoms with Crippen LogP contribution in [0.25, 0.3) is 0 Å². The molecule has 1 unspecified atom stereocenters. The van der Waals surface area contributed by atoms with Crippen LogP contribution in [0.1, 0.15) is 213 Å². The van der Waals surface area contributed by atoms with E-state index in [4.69, 9.17) is 18.5 Å². The summed E-state index contributed by atoms with van der Waals surface area (Å²) >= 11 is 0. The number of ether oxygens (including phenoxy) is 2. The summed E-state index contributed by atoms with van der Waals surface area (Å²) in [6, 6.07) is 0. The number of aliphatic hydroxyl groups excluding tert-OH is 1. The lowest BCUT2D eigenvalue weighted by molar-refractivity contribution is -0.870. The van der Waals surface area contributed by atoms with Crippen molar-refractivity contribution in [3.63, 3.8) is 0 Å². The summed E-state index contributed by atoms with van der Waals surface area (Å²) in [5.41, 5.74) is 0. The van der Waals surface area contributed by atoms with E-state index in [1.165, 1.54) is 116 Å². The Hall–Kier alpha value is -2.07. The summed E-state index contributed by atoms with van der Waals surface area (Å²) in [5.74, 6) is -0.916. The lowest BCUT2D eigenvalue weighted by Crippen LogP contribution is -2.37. The first-order valence-corrected chi connectivity index (χ1v) is 26.9. The van der Waals surface area contributed by atoms with E-state index in [-0.39, 0.29) is 32.2 Å². The van der Waals surface area contributed by atoms with Crippen molar-refractivity contribution in [1.29, 1.82) is 0 Å². The van der Waals surface area contributed by atoms with Gasteiger partial charge < -0.3 is 33.0 Å². The minimum absolute atomic E-state index is 0.0485. The van der Waals surface area contributed by atoms with E-state index in [2.05, 4.69) is 44.2 Å². The van der Waals surface area contributed by atoms with Gasteiger partial charge in [0.05, 0.1) is 33.9 Å². The maximum atomic E-state index is 12.7. The van der Waals surface area contributed by atoms with Gasteiger partial charge in [-0.05, 0) is 44.9 Å². The lowest BCUT2D eigenvalue weighted by atomic mass is 10.0. The van der Waals surface area contributed by atoms with Crippen LogP contribution >= 0.6 is 7.82 Å². The highest BCUT2D eigenvalue weighted by molar-refractivity contribution is 7.45. The average Bonchev–Trinajstić information content (AvgIpc) is 3.23. The van der Waals surface area contributed by atoms with Gasteiger partial charge in [0.25, 0.3) is 7.82 Å². The van der Waals surface area contributed by atoms with Gasteiger partial charge in [0, 0.05) is 12.8 Å². The first-order chi connectivity index (χ1) is 30.4. The van der Waals surface area contributed by atoms with Gasteiger partial charge in [-0.25, -0.2) is 0 Å². The summed E-state index contributed by atoms with van der Waals surface area (Å²) in [7, 11) is 1.11. The van der Waals surface area contributed by atoms with Crippen molar-refractivity contribution in [1.82, 2.24) is 0 Å². The predicted octanol–water partition coefficient (Wildman–Crippen LogP) is 13.4. The highest BCUT2D eigenvalue weighted by Crippen LogP contribution is 2.38. The van der Waals surface area contributed by atoms with E-state index >= 15 is 0 Å². The number of rotatable bonds is 46. The summed E-state index contributed by atoms with van der Waals surface area (Å²) in [6.45, 7) is 4.02. The molecule has 0 aromatic carbocycles. The Kier molecular flexibility index (Phi) is 42.4. The molecule has 0 aliphatic carbocycles. The Bertz CT molecular complexity index is 1230. The van der Waals surface area contributed by atoms with Gasteiger partial charge in [0.1, 0.15) is 19.8 Å². The van der Waals surface area contributed by atoms with Crippen molar-refractivity contribution in [3.05, 3.63) is 48.6 Å². The maximum Gasteiger partial charge on any atom is 0.306 e. The van der Waals surface area contributed by atoms with Crippen molar-refractivity contribution >= 4 is 19.8 Å². The van der Waals surface area contributed by atoms with Crippen LogP contribution in [0.5, 0.6) is 0 Å². The molecule has 10 nitrogen and oxygen atoms in total. The third kappa shape index (κ3) is 47.7. The van der Waals surface area contributed by atoms with Crippen LogP contribution < -0.4 is 4.89 Å². The third-order valence-electron chi connectivity index (χ3n) is 10.9. The van der Waals surface area contributed by atoms with Crippen molar-refractivity contribution in [2.24, 2.45) is 0 Å². The van der Waals surface area contributed by atoms with Gasteiger partial charge in [-0.1, -0.05) is 204 Å². The average molecular weight is 910 g/mol. The second-order valence-electron chi connectivity index (χ2n) is 18.4. The summed E-state index contributed by atoms with van der Waals surface area (Å²) < 4.78 is 33.9. The minimum atomic E-state index is -4.65.